The molecule has 1 N–H and O–H groups in total. The molecule has 2 heterocycles. The summed E-state index contributed by atoms with van der Waals surface area (Å²) >= 11 is 0. The van der Waals surface area contributed by atoms with Crippen LogP contribution in [0.4, 0.5) is 4.39 Å². The molecule has 1 amide bonds. The van der Waals surface area contributed by atoms with E-state index in [1.54, 1.807) is 39.1 Å². The van der Waals surface area contributed by atoms with E-state index in [0.717, 1.165) is 5.69 Å². The van der Waals surface area contributed by atoms with E-state index in [1.165, 1.54) is 21.6 Å². The van der Waals surface area contributed by atoms with Crippen LogP contribution in [0, 0.1) is 25.6 Å². The number of aliphatic carboxylic acids is 1. The summed E-state index contributed by atoms with van der Waals surface area (Å²) in [6, 6.07) is 7.40. The highest BCUT2D eigenvalue weighted by molar-refractivity contribution is 5.96. The number of carbonyl (C=O) groups is 2. The van der Waals surface area contributed by atoms with Crippen molar-refractivity contribution >= 4 is 11.9 Å². The minimum atomic E-state index is -1.02. The minimum absolute atomic E-state index is 0.00663. The van der Waals surface area contributed by atoms with Crippen molar-refractivity contribution in [2.75, 3.05) is 13.1 Å². The maximum atomic E-state index is 13.2. The Balaban J connectivity index is 1.96. The molecule has 1 aromatic carbocycles. The summed E-state index contributed by atoms with van der Waals surface area (Å²) in [5.41, 5.74) is 1.63. The second-order valence-electron chi connectivity index (χ2n) is 7.02. The van der Waals surface area contributed by atoms with E-state index in [2.05, 4.69) is 0 Å². The van der Waals surface area contributed by atoms with Crippen molar-refractivity contribution in [2.24, 2.45) is 13.0 Å². The van der Waals surface area contributed by atoms with Gasteiger partial charge < -0.3 is 14.6 Å². The van der Waals surface area contributed by atoms with Gasteiger partial charge in [-0.15, -0.1) is 0 Å². The van der Waals surface area contributed by atoms with E-state index in [-0.39, 0.29) is 18.7 Å². The van der Waals surface area contributed by atoms with Crippen LogP contribution in [-0.2, 0) is 11.8 Å². The number of likely N-dealkylation sites (tertiary alicyclic amines) is 1. The van der Waals surface area contributed by atoms with Gasteiger partial charge in [-0.1, -0.05) is 12.1 Å². The van der Waals surface area contributed by atoms with Crippen molar-refractivity contribution in [3.05, 3.63) is 68.9 Å². The molecule has 0 unspecified atom stereocenters. The molecule has 6 nitrogen and oxygen atoms in total. The molecule has 1 fully saturated rings. The number of benzene rings is 1. The number of pyridine rings is 1. The Labute approximate surface area is 155 Å². The molecular weight excluding hydrogens is 351 g/mol. The van der Waals surface area contributed by atoms with Gasteiger partial charge in [0.1, 0.15) is 11.4 Å². The predicted octanol–water partition coefficient (Wildman–Crippen LogP) is 2.08. The van der Waals surface area contributed by atoms with Crippen LogP contribution in [0.1, 0.15) is 33.1 Å². The zero-order chi connectivity index (χ0) is 19.9. The molecule has 1 aliphatic rings. The number of hydrogen-bond acceptors (Lipinski definition) is 3. The van der Waals surface area contributed by atoms with Gasteiger partial charge >= 0.3 is 5.97 Å². The average molecular weight is 372 g/mol. The Morgan fingerprint density at radius 2 is 1.78 bits per heavy atom. The van der Waals surface area contributed by atoms with E-state index >= 15 is 0 Å². The lowest BCUT2D eigenvalue weighted by Gasteiger charge is -2.18. The molecule has 7 heteroatoms. The van der Waals surface area contributed by atoms with Crippen LogP contribution in [0.25, 0.3) is 0 Å². The van der Waals surface area contributed by atoms with Gasteiger partial charge in [0.2, 0.25) is 0 Å². The summed E-state index contributed by atoms with van der Waals surface area (Å²) < 4.78 is 14.6. The van der Waals surface area contributed by atoms with Crippen molar-refractivity contribution in [2.45, 2.75) is 19.8 Å². The highest BCUT2D eigenvalue weighted by Crippen LogP contribution is 2.33. The monoisotopic (exact) mass is 372 g/mol. The lowest BCUT2D eigenvalue weighted by molar-refractivity contribution is -0.141. The lowest BCUT2D eigenvalue weighted by atomic mass is 9.89. The number of carboxylic acids is 1. The third-order valence-electron chi connectivity index (χ3n) is 5.30. The molecular formula is C20H21FN2O4. The van der Waals surface area contributed by atoms with Gasteiger partial charge in [-0.05, 0) is 43.2 Å². The second kappa shape index (κ2) is 6.98. The first-order valence-corrected chi connectivity index (χ1v) is 8.65. The SMILES string of the molecule is Cc1cc(C)n(C)c(=O)c1C(=O)N1C[C@@H](C(=O)O)[C@H](c2ccc(F)cc2)C1. The number of carbonyl (C=O) groups excluding carboxylic acids is 1. The quantitative estimate of drug-likeness (QED) is 0.895. The molecule has 27 heavy (non-hydrogen) atoms. The maximum absolute atomic E-state index is 13.2. The number of carboxylic acid groups (broad SMARTS) is 1. The van der Waals surface area contributed by atoms with Gasteiger partial charge in [-0.3, -0.25) is 14.4 Å². The van der Waals surface area contributed by atoms with Crippen molar-refractivity contribution < 1.29 is 19.1 Å². The van der Waals surface area contributed by atoms with Crippen molar-refractivity contribution in [3.63, 3.8) is 0 Å². The third kappa shape index (κ3) is 3.37. The average Bonchev–Trinajstić information content (AvgIpc) is 3.06. The first-order chi connectivity index (χ1) is 12.7. The van der Waals surface area contributed by atoms with Crippen LogP contribution >= 0.6 is 0 Å². The summed E-state index contributed by atoms with van der Waals surface area (Å²) in [6.07, 6.45) is 0. The summed E-state index contributed by atoms with van der Waals surface area (Å²) in [5.74, 6) is -3.16. The molecule has 0 bridgehead atoms. The van der Waals surface area contributed by atoms with Crippen LogP contribution in [0.15, 0.2) is 35.1 Å². The van der Waals surface area contributed by atoms with E-state index in [4.69, 9.17) is 0 Å². The number of rotatable bonds is 3. The van der Waals surface area contributed by atoms with Gasteiger partial charge in [-0.2, -0.15) is 0 Å². The van der Waals surface area contributed by atoms with Crippen molar-refractivity contribution in [1.29, 1.82) is 0 Å². The molecule has 1 saturated heterocycles. The zero-order valence-corrected chi connectivity index (χ0v) is 15.4. The first kappa shape index (κ1) is 18.8. The molecule has 0 saturated carbocycles. The standard InChI is InChI=1S/C20H21FN2O4/c1-11-8-12(2)22(3)18(24)17(11)19(25)23-9-15(16(10-23)20(26)27)13-4-6-14(21)7-5-13/h4-8,15-16H,9-10H2,1-3H3,(H,26,27)/t15-,16+/m0/s1. The summed E-state index contributed by atoms with van der Waals surface area (Å²) in [5, 5.41) is 9.58. The van der Waals surface area contributed by atoms with E-state index < -0.39 is 35.1 Å². The highest BCUT2D eigenvalue weighted by atomic mass is 19.1. The summed E-state index contributed by atoms with van der Waals surface area (Å²) in [4.78, 5) is 38.7. The van der Waals surface area contributed by atoms with Gasteiger partial charge in [0.15, 0.2) is 0 Å². The minimum Gasteiger partial charge on any atom is -0.481 e. The zero-order valence-electron chi connectivity index (χ0n) is 15.4. The lowest BCUT2D eigenvalue weighted by Crippen LogP contribution is -2.37. The van der Waals surface area contributed by atoms with Gasteiger partial charge in [0.25, 0.3) is 11.5 Å². The third-order valence-corrected chi connectivity index (χ3v) is 5.30. The molecule has 0 spiro atoms. The predicted molar refractivity (Wildman–Crippen MR) is 97.3 cm³/mol. The Morgan fingerprint density at radius 3 is 2.37 bits per heavy atom. The Kier molecular flexibility index (Phi) is 4.87. The maximum Gasteiger partial charge on any atom is 0.308 e. The van der Waals surface area contributed by atoms with Crippen LogP contribution < -0.4 is 5.56 Å². The van der Waals surface area contributed by atoms with Gasteiger partial charge in [0.05, 0.1) is 5.92 Å². The van der Waals surface area contributed by atoms with Crippen molar-refractivity contribution in [3.8, 4) is 0 Å². The molecule has 0 aliphatic carbocycles. The van der Waals surface area contributed by atoms with Gasteiger partial charge in [-0.25, -0.2) is 4.39 Å². The Hall–Kier alpha value is -2.96. The first-order valence-electron chi connectivity index (χ1n) is 8.65. The second-order valence-corrected chi connectivity index (χ2v) is 7.02. The molecule has 2 atom stereocenters. The topological polar surface area (TPSA) is 79.6 Å². The van der Waals surface area contributed by atoms with Crippen LogP contribution in [0.3, 0.4) is 0 Å². The molecule has 0 radical (unpaired) electrons. The largest absolute Gasteiger partial charge is 0.481 e. The smallest absolute Gasteiger partial charge is 0.308 e. The molecule has 2 aromatic rings. The fourth-order valence-electron chi connectivity index (χ4n) is 3.66. The number of halogens is 1. The highest BCUT2D eigenvalue weighted by Gasteiger charge is 2.41. The van der Waals surface area contributed by atoms with Crippen LogP contribution in [-0.4, -0.2) is 39.5 Å². The number of aromatic nitrogens is 1. The normalized spacial score (nSPS) is 19.3. The Bertz CT molecular complexity index is 965. The molecule has 1 aromatic heterocycles. The summed E-state index contributed by atoms with van der Waals surface area (Å²) in [7, 11) is 1.60. The number of amides is 1. The van der Waals surface area contributed by atoms with E-state index in [1.807, 2.05) is 0 Å². The summed E-state index contributed by atoms with van der Waals surface area (Å²) in [6.45, 7) is 3.65. The molecule has 1 aliphatic heterocycles. The van der Waals surface area contributed by atoms with E-state index in [0.29, 0.717) is 11.1 Å². The van der Waals surface area contributed by atoms with E-state index in [9.17, 15) is 23.9 Å². The number of aryl methyl sites for hydroxylation is 2. The van der Waals surface area contributed by atoms with Crippen LogP contribution in [0.5, 0.6) is 0 Å². The number of hydrogen-bond donors (Lipinski definition) is 1. The molecule has 142 valence electrons. The fourth-order valence-corrected chi connectivity index (χ4v) is 3.66. The van der Waals surface area contributed by atoms with Crippen LogP contribution in [0.2, 0.25) is 0 Å². The molecule has 3 rings (SSSR count). The Morgan fingerprint density at radius 1 is 1.15 bits per heavy atom. The fraction of sp³-hybridized carbons (Fsp3) is 0.350. The van der Waals surface area contributed by atoms with Crippen molar-refractivity contribution in [1.82, 2.24) is 9.47 Å². The van der Waals surface area contributed by atoms with Gasteiger partial charge in [0, 0.05) is 31.7 Å². The number of nitrogens with zero attached hydrogens (tertiary/aromatic N) is 2.